The highest BCUT2D eigenvalue weighted by atomic mass is 32.1. The molecule has 2 fully saturated rings. The van der Waals surface area contributed by atoms with Crippen LogP contribution in [0.2, 0.25) is 0 Å². The molecular formula is C19H19FN2O3S. The first kappa shape index (κ1) is 17.2. The van der Waals surface area contributed by atoms with E-state index in [2.05, 4.69) is 0 Å². The van der Waals surface area contributed by atoms with Crippen molar-refractivity contribution in [1.29, 1.82) is 0 Å². The summed E-state index contributed by atoms with van der Waals surface area (Å²) >= 11 is 1.42. The third-order valence-corrected chi connectivity index (χ3v) is 5.79. The molecule has 1 aromatic heterocycles. The van der Waals surface area contributed by atoms with Crippen LogP contribution in [-0.2, 0) is 9.53 Å². The predicted octanol–water partition coefficient (Wildman–Crippen LogP) is 2.93. The standard InChI is InChI=1S/C19H19FN2O3S/c20-14-4-1-5-15(10-14)22-13-19(25-11-17(22)23)7-3-8-21(12-19)18(24)16-6-2-9-26-16/h1-2,4-6,9-10H,3,7-8,11-13H2. The quantitative estimate of drug-likeness (QED) is 0.812. The van der Waals surface area contributed by atoms with Crippen LogP contribution in [0.1, 0.15) is 22.5 Å². The molecule has 0 saturated carbocycles. The lowest BCUT2D eigenvalue weighted by Crippen LogP contribution is -2.62. The lowest BCUT2D eigenvalue weighted by Gasteiger charge is -2.47. The zero-order valence-corrected chi connectivity index (χ0v) is 15.0. The molecule has 26 heavy (non-hydrogen) atoms. The minimum Gasteiger partial charge on any atom is -0.361 e. The van der Waals surface area contributed by atoms with Gasteiger partial charge in [0.25, 0.3) is 11.8 Å². The number of carbonyl (C=O) groups excluding carboxylic acids is 2. The Morgan fingerprint density at radius 1 is 1.23 bits per heavy atom. The van der Waals surface area contributed by atoms with E-state index in [1.54, 1.807) is 21.9 Å². The fraction of sp³-hybridized carbons (Fsp3) is 0.368. The van der Waals surface area contributed by atoms with Crippen LogP contribution in [0.25, 0.3) is 0 Å². The summed E-state index contributed by atoms with van der Waals surface area (Å²) in [5, 5.41) is 1.88. The maximum Gasteiger partial charge on any atom is 0.264 e. The van der Waals surface area contributed by atoms with Gasteiger partial charge in [-0.1, -0.05) is 12.1 Å². The molecule has 136 valence electrons. The molecule has 2 aliphatic heterocycles. The van der Waals surface area contributed by atoms with Gasteiger partial charge in [0.2, 0.25) is 0 Å². The molecule has 1 atom stereocenters. The highest BCUT2D eigenvalue weighted by molar-refractivity contribution is 7.12. The second-order valence-corrected chi connectivity index (χ2v) is 7.69. The molecule has 2 aromatic rings. The smallest absolute Gasteiger partial charge is 0.264 e. The van der Waals surface area contributed by atoms with Gasteiger partial charge in [-0.3, -0.25) is 9.59 Å². The molecule has 4 rings (SSSR count). The van der Waals surface area contributed by atoms with Gasteiger partial charge in [-0.2, -0.15) is 0 Å². The summed E-state index contributed by atoms with van der Waals surface area (Å²) < 4.78 is 19.5. The lowest BCUT2D eigenvalue weighted by molar-refractivity contribution is -0.144. The van der Waals surface area contributed by atoms with E-state index in [-0.39, 0.29) is 24.2 Å². The topological polar surface area (TPSA) is 49.9 Å². The summed E-state index contributed by atoms with van der Waals surface area (Å²) in [5.41, 5.74) is -0.0786. The van der Waals surface area contributed by atoms with Crippen molar-refractivity contribution >= 4 is 28.8 Å². The highest BCUT2D eigenvalue weighted by Crippen LogP contribution is 2.32. The van der Waals surface area contributed by atoms with Gasteiger partial charge >= 0.3 is 0 Å². The predicted molar refractivity (Wildman–Crippen MR) is 96.9 cm³/mol. The van der Waals surface area contributed by atoms with E-state index < -0.39 is 5.60 Å². The molecule has 2 amide bonds. The zero-order valence-electron chi connectivity index (χ0n) is 14.2. The lowest BCUT2D eigenvalue weighted by atomic mass is 9.90. The Morgan fingerprint density at radius 2 is 2.12 bits per heavy atom. The molecule has 7 heteroatoms. The molecule has 1 aromatic carbocycles. The van der Waals surface area contributed by atoms with E-state index in [4.69, 9.17) is 4.74 Å². The first-order valence-electron chi connectivity index (χ1n) is 8.59. The van der Waals surface area contributed by atoms with Gasteiger partial charge in [0.05, 0.1) is 18.0 Å². The molecule has 0 bridgehead atoms. The van der Waals surface area contributed by atoms with Crippen LogP contribution in [0, 0.1) is 5.82 Å². The number of carbonyl (C=O) groups is 2. The molecule has 0 radical (unpaired) electrons. The van der Waals surface area contributed by atoms with Crippen molar-refractivity contribution in [2.24, 2.45) is 0 Å². The van der Waals surface area contributed by atoms with Crippen molar-refractivity contribution in [3.8, 4) is 0 Å². The Balaban J connectivity index is 1.55. The van der Waals surface area contributed by atoms with Gasteiger partial charge in [0.15, 0.2) is 0 Å². The van der Waals surface area contributed by atoms with Crippen molar-refractivity contribution in [1.82, 2.24) is 4.90 Å². The van der Waals surface area contributed by atoms with Gasteiger partial charge < -0.3 is 14.5 Å². The Bertz CT molecular complexity index is 826. The van der Waals surface area contributed by atoms with Crippen LogP contribution in [0.5, 0.6) is 0 Å². The van der Waals surface area contributed by atoms with Crippen LogP contribution in [0.4, 0.5) is 10.1 Å². The number of thiophene rings is 1. The van der Waals surface area contributed by atoms with Crippen LogP contribution >= 0.6 is 11.3 Å². The number of nitrogens with zero attached hydrogens (tertiary/aromatic N) is 2. The van der Waals surface area contributed by atoms with Crippen molar-refractivity contribution in [2.45, 2.75) is 18.4 Å². The van der Waals surface area contributed by atoms with Crippen molar-refractivity contribution in [2.75, 3.05) is 31.1 Å². The summed E-state index contributed by atoms with van der Waals surface area (Å²) in [6.07, 6.45) is 1.57. The van der Waals surface area contributed by atoms with Gasteiger partial charge in [-0.15, -0.1) is 11.3 Å². The van der Waals surface area contributed by atoms with E-state index in [9.17, 15) is 14.0 Å². The average molecular weight is 374 g/mol. The second kappa shape index (κ2) is 6.81. The fourth-order valence-electron chi connectivity index (χ4n) is 3.67. The first-order valence-corrected chi connectivity index (χ1v) is 9.47. The van der Waals surface area contributed by atoms with E-state index >= 15 is 0 Å². The van der Waals surface area contributed by atoms with Crippen LogP contribution in [0.15, 0.2) is 41.8 Å². The third kappa shape index (κ3) is 3.24. The summed E-state index contributed by atoms with van der Waals surface area (Å²) in [4.78, 5) is 29.1. The molecule has 3 heterocycles. The van der Waals surface area contributed by atoms with Crippen molar-refractivity contribution in [3.05, 3.63) is 52.5 Å². The number of amides is 2. The van der Waals surface area contributed by atoms with E-state index in [1.165, 1.54) is 23.5 Å². The number of morpholine rings is 1. The molecular weight excluding hydrogens is 355 g/mol. The average Bonchev–Trinajstić information content (AvgIpc) is 3.18. The number of likely N-dealkylation sites (tertiary alicyclic amines) is 1. The van der Waals surface area contributed by atoms with E-state index in [0.29, 0.717) is 30.2 Å². The fourth-order valence-corrected chi connectivity index (χ4v) is 4.36. The van der Waals surface area contributed by atoms with Crippen LogP contribution in [0.3, 0.4) is 0 Å². The number of hydrogen-bond acceptors (Lipinski definition) is 4. The first-order chi connectivity index (χ1) is 12.6. The molecule has 1 spiro atoms. The molecule has 2 saturated heterocycles. The number of ether oxygens (including phenoxy) is 1. The summed E-state index contributed by atoms with van der Waals surface area (Å²) in [5.74, 6) is -0.575. The Hall–Kier alpha value is -2.25. The molecule has 5 nitrogen and oxygen atoms in total. The van der Waals surface area contributed by atoms with E-state index in [1.807, 2.05) is 17.5 Å². The number of halogens is 1. The zero-order chi connectivity index (χ0) is 18.1. The summed E-state index contributed by atoms with van der Waals surface area (Å²) in [6, 6.07) is 9.70. The number of rotatable bonds is 2. The summed E-state index contributed by atoms with van der Waals surface area (Å²) in [7, 11) is 0. The maximum absolute atomic E-state index is 13.6. The van der Waals surface area contributed by atoms with E-state index in [0.717, 1.165) is 12.8 Å². The SMILES string of the molecule is O=C(c1cccs1)N1CCCC2(C1)CN(c1cccc(F)c1)C(=O)CO2. The molecule has 0 aliphatic carbocycles. The van der Waals surface area contributed by atoms with Crippen molar-refractivity contribution in [3.63, 3.8) is 0 Å². The molecule has 1 unspecified atom stereocenters. The Labute approximate surface area is 155 Å². The molecule has 0 N–H and O–H groups in total. The Morgan fingerprint density at radius 3 is 2.88 bits per heavy atom. The largest absolute Gasteiger partial charge is 0.361 e. The minimum atomic E-state index is -0.606. The minimum absolute atomic E-state index is 0.00289. The number of benzene rings is 1. The second-order valence-electron chi connectivity index (χ2n) is 6.74. The highest BCUT2D eigenvalue weighted by Gasteiger charge is 2.44. The van der Waals surface area contributed by atoms with Gasteiger partial charge in [-0.25, -0.2) is 4.39 Å². The maximum atomic E-state index is 13.6. The number of anilines is 1. The third-order valence-electron chi connectivity index (χ3n) is 4.93. The van der Waals surface area contributed by atoms with Gasteiger partial charge in [0, 0.05) is 12.2 Å². The van der Waals surface area contributed by atoms with Gasteiger partial charge in [-0.05, 0) is 42.5 Å². The monoisotopic (exact) mass is 374 g/mol. The normalized spacial score (nSPS) is 23.5. The molecule has 2 aliphatic rings. The van der Waals surface area contributed by atoms with Gasteiger partial charge in [0.1, 0.15) is 18.0 Å². The summed E-state index contributed by atoms with van der Waals surface area (Å²) in [6.45, 7) is 1.37. The van der Waals surface area contributed by atoms with Crippen LogP contribution < -0.4 is 4.90 Å². The number of piperidine rings is 1. The Kier molecular flexibility index (Phi) is 4.50. The van der Waals surface area contributed by atoms with Crippen LogP contribution in [-0.4, -0.2) is 48.6 Å². The van der Waals surface area contributed by atoms with Crippen molar-refractivity contribution < 1.29 is 18.7 Å². The number of hydrogen-bond donors (Lipinski definition) is 0.